The molecule has 0 fully saturated rings. The Bertz CT molecular complexity index is 6380. The van der Waals surface area contributed by atoms with Crippen LogP contribution in [0.1, 0.15) is 0 Å². The summed E-state index contributed by atoms with van der Waals surface area (Å²) < 4.78 is 14.7. The van der Waals surface area contributed by atoms with Gasteiger partial charge >= 0.3 is 0 Å². The molecule has 0 bridgehead atoms. The maximum Gasteiger partial charge on any atom is 0.155 e. The summed E-state index contributed by atoms with van der Waals surface area (Å²) in [5.74, 6) is 0.930. The summed E-state index contributed by atoms with van der Waals surface area (Å²) >= 11 is 3.69. The molecule has 7 heteroatoms. The number of aromatic nitrogens is 5. The molecule has 20 rings (SSSR count). The van der Waals surface area contributed by atoms with Crippen LogP contribution in [-0.4, -0.2) is 23.3 Å². The lowest BCUT2D eigenvalue weighted by atomic mass is 9.95. The van der Waals surface area contributed by atoms with Crippen molar-refractivity contribution in [3.8, 4) is 56.3 Å². The summed E-state index contributed by atoms with van der Waals surface area (Å²) in [6, 6.07) is 110. The first-order valence-electron chi connectivity index (χ1n) is 30.5. The number of hydrogen-bond acceptors (Lipinski definition) is 3. The number of thiophene rings is 2. The molecule has 5 nitrogen and oxygen atoms in total. The SMILES string of the molecule is c1ccc2c(c#1)c1ccccc1n2-c1nccc2c1sc1ccc(-n3c4ccccc4c4c(-c5cccc6c5c5ccccc5n6-c5ccc6c(c5)c5ccccc5n6-c5cccc(-c6cccc(-c7cccc8c7sc7ccccc78)c6)c5)cccc43)cc12. The molecule has 13 aromatic carbocycles. The zero-order chi connectivity index (χ0) is 58.7. The number of fused-ring (bicyclic) bond motifs is 18. The third-order valence-electron chi connectivity index (χ3n) is 18.9. The predicted octanol–water partition coefficient (Wildman–Crippen LogP) is 22.8. The second-order valence-corrected chi connectivity index (χ2v) is 25.7. The molecule has 0 N–H and O–H groups in total. The Hall–Kier alpha value is -11.5. The molecule has 90 heavy (non-hydrogen) atoms. The first-order valence-corrected chi connectivity index (χ1v) is 32.1. The van der Waals surface area contributed by atoms with Gasteiger partial charge < -0.3 is 13.7 Å². The quantitative estimate of drug-likeness (QED) is 0.157. The lowest BCUT2D eigenvalue weighted by molar-refractivity contribution is 1.11. The van der Waals surface area contributed by atoms with Crippen LogP contribution >= 0.6 is 22.7 Å². The maximum atomic E-state index is 5.10. The highest BCUT2D eigenvalue weighted by molar-refractivity contribution is 7.26. The Balaban J connectivity index is 0.712. The Morgan fingerprint density at radius 2 is 0.789 bits per heavy atom. The summed E-state index contributed by atoms with van der Waals surface area (Å²) in [4.78, 5) is 5.10. The Labute approximate surface area is 523 Å². The molecule has 0 aliphatic carbocycles. The normalized spacial score (nSPS) is 12.1. The van der Waals surface area contributed by atoms with Gasteiger partial charge in [0.25, 0.3) is 0 Å². The van der Waals surface area contributed by atoms with Crippen molar-refractivity contribution in [2.75, 3.05) is 0 Å². The molecule has 7 heterocycles. The molecule has 0 atom stereocenters. The predicted molar refractivity (Wildman–Crippen MR) is 381 cm³/mol. The highest BCUT2D eigenvalue weighted by Crippen LogP contribution is 2.47. The van der Waals surface area contributed by atoms with Crippen LogP contribution in [0.3, 0.4) is 0 Å². The zero-order valence-electron chi connectivity index (χ0n) is 48.2. The number of benzene rings is 12. The van der Waals surface area contributed by atoms with Gasteiger partial charge in [0.1, 0.15) is 0 Å². The van der Waals surface area contributed by atoms with Crippen LogP contribution in [0.25, 0.3) is 184 Å². The van der Waals surface area contributed by atoms with Crippen molar-refractivity contribution in [2.24, 2.45) is 0 Å². The van der Waals surface area contributed by atoms with E-state index in [1.807, 2.05) is 23.6 Å². The van der Waals surface area contributed by atoms with Gasteiger partial charge in [-0.25, -0.2) is 4.98 Å². The summed E-state index contributed by atoms with van der Waals surface area (Å²) in [6.45, 7) is 0. The van der Waals surface area contributed by atoms with Crippen molar-refractivity contribution in [3.63, 3.8) is 0 Å². The van der Waals surface area contributed by atoms with Crippen molar-refractivity contribution >= 4 is 150 Å². The fourth-order valence-electron chi connectivity index (χ4n) is 15.1. The van der Waals surface area contributed by atoms with E-state index < -0.39 is 0 Å². The molecule has 0 unspecified atom stereocenters. The van der Waals surface area contributed by atoms with E-state index in [1.165, 1.54) is 118 Å². The number of hydrogen-bond donors (Lipinski definition) is 0. The molecule has 20 aromatic rings. The molecule has 0 saturated heterocycles. The van der Waals surface area contributed by atoms with Gasteiger partial charge in [0.05, 0.1) is 54.2 Å². The fraction of sp³-hybridized carbons (Fsp3) is 0. The second kappa shape index (κ2) is 19.0. The summed E-state index contributed by atoms with van der Waals surface area (Å²) in [7, 11) is 0. The second-order valence-electron chi connectivity index (χ2n) is 23.6. The summed E-state index contributed by atoms with van der Waals surface area (Å²) in [5, 5.41) is 14.5. The monoisotopic (exact) mass is 1180 g/mol. The van der Waals surface area contributed by atoms with Gasteiger partial charge in [-0.1, -0.05) is 176 Å². The lowest BCUT2D eigenvalue weighted by Gasteiger charge is -2.13. The van der Waals surface area contributed by atoms with Crippen molar-refractivity contribution in [1.82, 2.24) is 23.3 Å². The molecule has 7 aromatic heterocycles. The van der Waals surface area contributed by atoms with E-state index in [2.05, 4.69) is 303 Å². The third kappa shape index (κ3) is 7.05. The van der Waals surface area contributed by atoms with Crippen LogP contribution in [0, 0.1) is 12.1 Å². The minimum atomic E-state index is 0.930. The number of nitrogens with zero attached hydrogens (tertiary/aromatic N) is 5. The third-order valence-corrected chi connectivity index (χ3v) is 21.3. The Morgan fingerprint density at radius 3 is 1.54 bits per heavy atom. The van der Waals surface area contributed by atoms with Crippen LogP contribution < -0.4 is 0 Å². The van der Waals surface area contributed by atoms with Gasteiger partial charge in [0.2, 0.25) is 0 Å². The molecular formula is C83H47N5S2. The molecular weight excluding hydrogens is 1130 g/mol. The van der Waals surface area contributed by atoms with E-state index in [9.17, 15) is 0 Å². The largest absolute Gasteiger partial charge is 0.309 e. The first-order chi connectivity index (χ1) is 44.7. The average Bonchev–Trinajstić information content (AvgIpc) is 1.77. The number of rotatable bonds is 7. The Morgan fingerprint density at radius 1 is 0.289 bits per heavy atom. The van der Waals surface area contributed by atoms with Gasteiger partial charge in [-0.3, -0.25) is 4.57 Å². The van der Waals surface area contributed by atoms with Crippen LogP contribution in [0.5, 0.6) is 0 Å². The molecule has 0 amide bonds. The lowest BCUT2D eigenvalue weighted by Crippen LogP contribution is -1.96. The molecule has 0 aliphatic rings. The minimum absolute atomic E-state index is 0.930. The van der Waals surface area contributed by atoms with Crippen LogP contribution in [-0.2, 0) is 0 Å². The van der Waals surface area contributed by atoms with E-state index in [0.717, 1.165) is 65.9 Å². The number of pyridine rings is 1. The van der Waals surface area contributed by atoms with Crippen molar-refractivity contribution < 1.29 is 0 Å². The topological polar surface area (TPSA) is 32.6 Å². The van der Waals surface area contributed by atoms with Crippen LogP contribution in [0.15, 0.2) is 285 Å². The standard InChI is InChI=1S/C83H47N5S2/c1-8-33-70-57(22-1)58-23-2-9-34-71(58)88(70)83-82-64(44-45-84-83)68-49-55(41-43-78(68)90-82)87-73-36-11-5-27-66(73)80-62(30-17-38-76(80)87)61-29-16-37-75-79(61)65-26-4-10-35-72(65)86(75)54-40-42-74-67(48-54)59-24-3-7-32-69(59)85(74)53-21-14-19-51(47-53)50-18-13-20-52(46-50)56-28-15-31-63-60-25-6-12-39-77(60)89-81(56)63/h1,3-22,24-49H. The minimum Gasteiger partial charge on any atom is -0.309 e. The van der Waals surface area contributed by atoms with Crippen LogP contribution in [0.2, 0.25) is 0 Å². The fourth-order valence-corrected chi connectivity index (χ4v) is 17.5. The highest BCUT2D eigenvalue weighted by Gasteiger charge is 2.24. The van der Waals surface area contributed by atoms with Crippen molar-refractivity contribution in [2.45, 2.75) is 0 Å². The molecule has 0 aliphatic heterocycles. The zero-order valence-corrected chi connectivity index (χ0v) is 49.8. The van der Waals surface area contributed by atoms with E-state index >= 15 is 0 Å². The maximum absolute atomic E-state index is 5.10. The molecule has 0 spiro atoms. The van der Waals surface area contributed by atoms with E-state index in [-0.39, 0.29) is 0 Å². The van der Waals surface area contributed by atoms with Crippen molar-refractivity contribution in [3.05, 3.63) is 297 Å². The van der Waals surface area contributed by atoms with Gasteiger partial charge in [0.15, 0.2) is 5.82 Å². The first kappa shape index (κ1) is 49.6. The van der Waals surface area contributed by atoms with E-state index in [4.69, 9.17) is 4.98 Å². The molecule has 0 saturated carbocycles. The highest BCUT2D eigenvalue weighted by atomic mass is 32.1. The van der Waals surface area contributed by atoms with Gasteiger partial charge in [-0.15, -0.1) is 22.7 Å². The molecule has 416 valence electrons. The van der Waals surface area contributed by atoms with Crippen LogP contribution in [0.4, 0.5) is 0 Å². The van der Waals surface area contributed by atoms with Gasteiger partial charge in [0, 0.05) is 96.6 Å². The smallest absolute Gasteiger partial charge is 0.155 e. The van der Waals surface area contributed by atoms with Gasteiger partial charge in [-0.05, 0) is 149 Å². The molecule has 0 radical (unpaired) electrons. The summed E-state index contributed by atoms with van der Waals surface area (Å²) in [6.07, 6.45) is 1.97. The number of para-hydroxylation sites is 4. The van der Waals surface area contributed by atoms with E-state index in [0.29, 0.717) is 0 Å². The van der Waals surface area contributed by atoms with Crippen molar-refractivity contribution in [1.29, 1.82) is 0 Å². The summed E-state index contributed by atoms with van der Waals surface area (Å²) in [5.41, 5.74) is 19.8. The van der Waals surface area contributed by atoms with Gasteiger partial charge in [-0.2, -0.15) is 0 Å². The Kier molecular flexibility index (Phi) is 10.5. The van der Waals surface area contributed by atoms with E-state index in [1.54, 1.807) is 11.3 Å². The average molecular weight is 1180 g/mol.